The predicted octanol–water partition coefficient (Wildman–Crippen LogP) is 5.58. The minimum absolute atomic E-state index is 0.617. The van der Waals surface area contributed by atoms with Crippen molar-refractivity contribution in [1.82, 2.24) is 0 Å². The molecule has 0 bridgehead atoms. The molecule has 1 rings (SSSR count). The highest BCUT2D eigenvalue weighted by Crippen LogP contribution is 2.23. The number of hydrogen-bond donors (Lipinski definition) is 0. The minimum Gasteiger partial charge on any atom is -0.479 e. The van der Waals surface area contributed by atoms with Crippen LogP contribution < -0.4 is 0 Å². The highest BCUT2D eigenvalue weighted by Gasteiger charge is 2.07. The van der Waals surface area contributed by atoms with Gasteiger partial charge in [-0.3, -0.25) is 0 Å². The lowest BCUT2D eigenvalue weighted by Gasteiger charge is -2.11. The van der Waals surface area contributed by atoms with Gasteiger partial charge in [-0.25, -0.2) is 0 Å². The average Bonchev–Trinajstić information content (AvgIpc) is 2.54. The molecule has 0 aromatic heterocycles. The monoisotopic (exact) mass is 374 g/mol. The molecule has 0 unspecified atom stereocenters. The average molecular weight is 375 g/mol. The molecule has 0 heterocycles. The zero-order valence-electron chi connectivity index (χ0n) is 13.0. The second-order valence-corrected chi connectivity index (χ2v) is 7.70. The fourth-order valence-electron chi connectivity index (χ4n) is 1.57. The van der Waals surface area contributed by atoms with Crippen LogP contribution in [0, 0.1) is 0 Å². The van der Waals surface area contributed by atoms with E-state index in [4.69, 9.17) is 33.9 Å². The zero-order valence-corrected chi connectivity index (χ0v) is 16.3. The van der Waals surface area contributed by atoms with Crippen LogP contribution in [0.3, 0.4) is 0 Å². The molecule has 2 nitrogen and oxygen atoms in total. The Morgan fingerprint density at radius 3 is 1.64 bits per heavy atom. The lowest BCUT2D eigenvalue weighted by Crippen LogP contribution is -2.01. The van der Waals surface area contributed by atoms with Crippen LogP contribution in [-0.2, 0) is 21.0 Å². The Bertz CT molecular complexity index is 434. The molecule has 0 saturated carbocycles. The molecule has 22 heavy (non-hydrogen) atoms. The Kier molecular flexibility index (Phi) is 10.9. The Morgan fingerprint density at radius 1 is 0.864 bits per heavy atom. The molecular weight excluding hydrogens is 352 g/mol. The minimum atomic E-state index is 0.617. The van der Waals surface area contributed by atoms with Gasteiger partial charge in [-0.1, -0.05) is 61.6 Å². The van der Waals surface area contributed by atoms with E-state index in [9.17, 15) is 0 Å². The third-order valence-corrected chi connectivity index (χ3v) is 5.22. The van der Waals surface area contributed by atoms with Crippen LogP contribution in [0.15, 0.2) is 24.3 Å². The van der Waals surface area contributed by atoms with E-state index >= 15 is 0 Å². The number of benzene rings is 1. The van der Waals surface area contributed by atoms with Crippen LogP contribution >= 0.6 is 48.0 Å². The first-order valence-corrected chi connectivity index (χ1v) is 10.1. The standard InChI is InChI=1S/C16H22O2S4/c1-3-9-17-15(19)21-11-13-7-5-6-8-14(13)12-22-16(20)18-10-4-2/h5-8H,3-4,9-12H2,1-2H3. The molecule has 1 aromatic rings. The Hall–Kier alpha value is -0.300. The van der Waals surface area contributed by atoms with Gasteiger partial charge in [-0.2, -0.15) is 0 Å². The third kappa shape index (κ3) is 8.36. The van der Waals surface area contributed by atoms with Crippen LogP contribution in [0.2, 0.25) is 0 Å². The molecule has 0 N–H and O–H groups in total. The van der Waals surface area contributed by atoms with Crippen molar-refractivity contribution >= 4 is 56.7 Å². The van der Waals surface area contributed by atoms with Gasteiger partial charge in [0.25, 0.3) is 0 Å². The molecule has 0 fully saturated rings. The van der Waals surface area contributed by atoms with Crippen LogP contribution in [0.1, 0.15) is 37.8 Å². The molecule has 0 amide bonds. The number of rotatable bonds is 8. The maximum absolute atomic E-state index is 5.44. The summed E-state index contributed by atoms with van der Waals surface area (Å²) in [5.74, 6) is 1.64. The first-order chi connectivity index (χ1) is 10.7. The number of ether oxygens (including phenoxy) is 2. The molecule has 1 aromatic carbocycles. The highest BCUT2D eigenvalue weighted by molar-refractivity contribution is 8.22. The van der Waals surface area contributed by atoms with E-state index in [1.165, 1.54) is 11.1 Å². The summed E-state index contributed by atoms with van der Waals surface area (Å²) in [6.45, 7) is 5.52. The smallest absolute Gasteiger partial charge is 0.220 e. The van der Waals surface area contributed by atoms with E-state index in [0.29, 0.717) is 22.0 Å². The van der Waals surface area contributed by atoms with Crippen LogP contribution in [-0.4, -0.2) is 22.0 Å². The zero-order chi connectivity index (χ0) is 16.2. The largest absolute Gasteiger partial charge is 0.479 e. The van der Waals surface area contributed by atoms with Gasteiger partial charge in [0.1, 0.15) is 0 Å². The fraction of sp³-hybridized carbons (Fsp3) is 0.500. The molecule has 0 radical (unpaired) electrons. The summed E-state index contributed by atoms with van der Waals surface area (Å²) in [4.78, 5) is 0. The van der Waals surface area contributed by atoms with E-state index in [1.54, 1.807) is 23.5 Å². The molecule has 0 aliphatic carbocycles. The summed E-state index contributed by atoms with van der Waals surface area (Å²) in [7, 11) is 0. The first kappa shape index (κ1) is 19.7. The van der Waals surface area contributed by atoms with Crippen molar-refractivity contribution in [2.75, 3.05) is 13.2 Å². The fourth-order valence-corrected chi connectivity index (χ4v) is 3.53. The van der Waals surface area contributed by atoms with E-state index in [2.05, 4.69) is 26.0 Å². The van der Waals surface area contributed by atoms with Gasteiger partial charge >= 0.3 is 0 Å². The second-order valence-electron chi connectivity index (χ2n) is 4.54. The van der Waals surface area contributed by atoms with Crippen LogP contribution in [0.25, 0.3) is 0 Å². The van der Waals surface area contributed by atoms with Gasteiger partial charge in [0.15, 0.2) is 0 Å². The third-order valence-electron chi connectivity index (χ3n) is 2.66. The van der Waals surface area contributed by atoms with E-state index in [1.807, 2.05) is 12.1 Å². The van der Waals surface area contributed by atoms with E-state index < -0.39 is 0 Å². The molecule has 0 spiro atoms. The summed E-state index contributed by atoms with van der Waals surface area (Å²) in [5.41, 5.74) is 2.53. The normalized spacial score (nSPS) is 10.3. The van der Waals surface area contributed by atoms with Gasteiger partial charge < -0.3 is 9.47 Å². The van der Waals surface area contributed by atoms with Crippen LogP contribution in [0.4, 0.5) is 0 Å². The summed E-state index contributed by atoms with van der Waals surface area (Å²) >= 11 is 13.6. The number of thioether (sulfide) groups is 2. The van der Waals surface area contributed by atoms with Crippen molar-refractivity contribution < 1.29 is 9.47 Å². The Morgan fingerprint density at radius 2 is 1.27 bits per heavy atom. The van der Waals surface area contributed by atoms with Crippen molar-refractivity contribution in [3.63, 3.8) is 0 Å². The molecular formula is C16H22O2S4. The SMILES string of the molecule is CCCOC(=S)SCc1ccccc1CSC(=S)OCCC. The summed E-state index contributed by atoms with van der Waals surface area (Å²) < 4.78 is 12.1. The summed E-state index contributed by atoms with van der Waals surface area (Å²) in [6.07, 6.45) is 1.95. The maximum Gasteiger partial charge on any atom is 0.220 e. The summed E-state index contributed by atoms with van der Waals surface area (Å²) in [6, 6.07) is 8.35. The molecule has 122 valence electrons. The van der Waals surface area contributed by atoms with E-state index in [-0.39, 0.29) is 0 Å². The summed E-state index contributed by atoms with van der Waals surface area (Å²) in [5, 5.41) is 0. The Balaban J connectivity index is 2.47. The number of hydrogen-bond acceptors (Lipinski definition) is 6. The molecule has 0 atom stereocenters. The van der Waals surface area contributed by atoms with Crippen LogP contribution in [0.5, 0.6) is 0 Å². The van der Waals surface area contributed by atoms with Crippen molar-refractivity contribution in [2.24, 2.45) is 0 Å². The van der Waals surface area contributed by atoms with Gasteiger partial charge in [-0.05, 0) is 48.4 Å². The van der Waals surface area contributed by atoms with Gasteiger partial charge in [-0.15, -0.1) is 0 Å². The molecule has 0 saturated heterocycles. The van der Waals surface area contributed by atoms with E-state index in [0.717, 1.165) is 24.3 Å². The van der Waals surface area contributed by atoms with Crippen molar-refractivity contribution in [2.45, 2.75) is 38.2 Å². The molecule has 0 aliphatic heterocycles. The lowest BCUT2D eigenvalue weighted by molar-refractivity contribution is 0.321. The van der Waals surface area contributed by atoms with Crippen molar-refractivity contribution in [1.29, 1.82) is 0 Å². The quantitative estimate of drug-likeness (QED) is 0.549. The lowest BCUT2D eigenvalue weighted by atomic mass is 10.1. The predicted molar refractivity (Wildman–Crippen MR) is 107 cm³/mol. The molecule has 6 heteroatoms. The highest BCUT2D eigenvalue weighted by atomic mass is 32.2. The molecule has 0 aliphatic rings. The van der Waals surface area contributed by atoms with Gasteiger partial charge in [0.2, 0.25) is 8.77 Å². The maximum atomic E-state index is 5.44. The first-order valence-electron chi connectivity index (χ1n) is 7.33. The number of thiocarbonyl (C=S) groups is 2. The Labute approximate surface area is 152 Å². The van der Waals surface area contributed by atoms with Gasteiger partial charge in [0.05, 0.1) is 13.2 Å². The topological polar surface area (TPSA) is 18.5 Å². The van der Waals surface area contributed by atoms with Gasteiger partial charge in [0, 0.05) is 11.5 Å². The van der Waals surface area contributed by atoms with Crippen molar-refractivity contribution in [3.05, 3.63) is 35.4 Å². The van der Waals surface area contributed by atoms with Crippen molar-refractivity contribution in [3.8, 4) is 0 Å². The second kappa shape index (κ2) is 12.2.